The normalized spacial score (nSPS) is 22.7. The van der Waals surface area contributed by atoms with E-state index in [9.17, 15) is 9.59 Å². The Bertz CT molecular complexity index is 800. The number of alkyl carbamates (subject to hydrolysis) is 1. The number of carbonyl (C=O) groups excluding carboxylic acids is 2. The van der Waals surface area contributed by atoms with Crippen LogP contribution in [0.15, 0.2) is 18.2 Å². The fourth-order valence-electron chi connectivity index (χ4n) is 3.38. The van der Waals surface area contributed by atoms with Gasteiger partial charge in [-0.25, -0.2) is 4.79 Å². The monoisotopic (exact) mass is 402 g/mol. The first-order valence-corrected chi connectivity index (χ1v) is 10.0. The maximum Gasteiger partial charge on any atom is 0.494 e. The predicted molar refractivity (Wildman–Crippen MR) is 111 cm³/mol. The number of rotatable bonds is 3. The fourth-order valence-corrected chi connectivity index (χ4v) is 3.38. The van der Waals surface area contributed by atoms with Crippen LogP contribution in [0, 0.1) is 0 Å². The Morgan fingerprint density at radius 3 is 2.45 bits per heavy atom. The van der Waals surface area contributed by atoms with Gasteiger partial charge >= 0.3 is 13.2 Å². The van der Waals surface area contributed by atoms with Crippen molar-refractivity contribution in [3.8, 4) is 0 Å². The standard InChI is InChI=1S/C21H31BN2O5/c1-19(2,3)27-18(26)24-12-13-11-23-17(25)15-9-8-14(10-16(13)15)22-28-20(4,5)21(6,7)29-22/h8-10,13H,11-12H2,1-7H3,(H,23,25)(H,24,26). The molecule has 1 saturated heterocycles. The van der Waals surface area contributed by atoms with E-state index in [2.05, 4.69) is 10.6 Å². The van der Waals surface area contributed by atoms with Crippen molar-refractivity contribution in [2.45, 2.75) is 71.2 Å². The van der Waals surface area contributed by atoms with Gasteiger partial charge in [-0.05, 0) is 65.6 Å². The van der Waals surface area contributed by atoms with Gasteiger partial charge in [0.1, 0.15) is 5.60 Å². The van der Waals surface area contributed by atoms with Gasteiger partial charge in [-0.2, -0.15) is 0 Å². The van der Waals surface area contributed by atoms with E-state index in [1.807, 2.05) is 60.6 Å². The molecule has 0 saturated carbocycles. The molecule has 1 atom stereocenters. The third kappa shape index (κ3) is 4.59. The molecule has 2 N–H and O–H groups in total. The van der Waals surface area contributed by atoms with E-state index >= 15 is 0 Å². The smallest absolute Gasteiger partial charge is 0.444 e. The fraction of sp³-hybridized carbons (Fsp3) is 0.619. The third-order valence-electron chi connectivity index (χ3n) is 5.69. The molecule has 1 aromatic carbocycles. The molecule has 2 heterocycles. The van der Waals surface area contributed by atoms with E-state index in [0.29, 0.717) is 18.7 Å². The Morgan fingerprint density at radius 1 is 1.24 bits per heavy atom. The Morgan fingerprint density at radius 2 is 1.86 bits per heavy atom. The quantitative estimate of drug-likeness (QED) is 0.759. The van der Waals surface area contributed by atoms with Gasteiger partial charge in [-0.3, -0.25) is 4.79 Å². The second kappa shape index (κ2) is 7.33. The maximum atomic E-state index is 12.3. The first kappa shape index (κ1) is 21.6. The van der Waals surface area contributed by atoms with Gasteiger partial charge < -0.3 is 24.7 Å². The molecule has 2 aliphatic heterocycles. The van der Waals surface area contributed by atoms with E-state index in [4.69, 9.17) is 14.0 Å². The molecule has 0 radical (unpaired) electrons. The van der Waals surface area contributed by atoms with Crippen LogP contribution in [0.2, 0.25) is 0 Å². The number of hydrogen-bond acceptors (Lipinski definition) is 5. The molecule has 8 heteroatoms. The molecule has 29 heavy (non-hydrogen) atoms. The summed E-state index contributed by atoms with van der Waals surface area (Å²) in [4.78, 5) is 24.3. The molecular formula is C21H31BN2O5. The summed E-state index contributed by atoms with van der Waals surface area (Å²) in [6.45, 7) is 14.3. The Balaban J connectivity index is 1.80. The number of nitrogens with one attached hydrogen (secondary N) is 2. The summed E-state index contributed by atoms with van der Waals surface area (Å²) in [6, 6.07) is 5.62. The van der Waals surface area contributed by atoms with E-state index in [0.717, 1.165) is 11.0 Å². The van der Waals surface area contributed by atoms with Crippen LogP contribution < -0.4 is 16.1 Å². The largest absolute Gasteiger partial charge is 0.494 e. The van der Waals surface area contributed by atoms with Crippen LogP contribution in [0.5, 0.6) is 0 Å². The number of carbonyl (C=O) groups is 2. The highest BCUT2D eigenvalue weighted by molar-refractivity contribution is 6.62. The average molecular weight is 402 g/mol. The molecule has 0 aliphatic carbocycles. The number of hydrogen-bond donors (Lipinski definition) is 2. The van der Waals surface area contributed by atoms with Gasteiger partial charge in [-0.15, -0.1) is 0 Å². The zero-order chi connectivity index (χ0) is 21.6. The molecule has 0 spiro atoms. The van der Waals surface area contributed by atoms with Crippen molar-refractivity contribution < 1.29 is 23.6 Å². The zero-order valence-electron chi connectivity index (χ0n) is 18.3. The minimum absolute atomic E-state index is 0.0717. The molecule has 0 aromatic heterocycles. The topological polar surface area (TPSA) is 85.9 Å². The lowest BCUT2D eigenvalue weighted by molar-refractivity contribution is 0.00578. The average Bonchev–Trinajstić information content (AvgIpc) is 2.80. The van der Waals surface area contributed by atoms with Gasteiger partial charge in [-0.1, -0.05) is 12.1 Å². The van der Waals surface area contributed by atoms with Gasteiger partial charge in [0.15, 0.2) is 0 Å². The molecule has 3 rings (SSSR count). The molecule has 7 nitrogen and oxygen atoms in total. The van der Waals surface area contributed by atoms with Crippen molar-refractivity contribution in [2.24, 2.45) is 0 Å². The summed E-state index contributed by atoms with van der Waals surface area (Å²) in [5.41, 5.74) is 0.890. The Kier molecular flexibility index (Phi) is 5.47. The van der Waals surface area contributed by atoms with Gasteiger partial charge in [0.05, 0.1) is 11.2 Å². The second-order valence-corrected chi connectivity index (χ2v) is 9.72. The molecular weight excluding hydrogens is 371 g/mol. The van der Waals surface area contributed by atoms with Crippen LogP contribution >= 0.6 is 0 Å². The molecule has 2 amide bonds. The number of fused-ring (bicyclic) bond motifs is 1. The lowest BCUT2D eigenvalue weighted by atomic mass is 9.75. The maximum absolute atomic E-state index is 12.3. The van der Waals surface area contributed by atoms with Crippen molar-refractivity contribution in [3.63, 3.8) is 0 Å². The van der Waals surface area contributed by atoms with Crippen LogP contribution in [-0.4, -0.2) is 49.0 Å². The van der Waals surface area contributed by atoms with Crippen molar-refractivity contribution in [1.29, 1.82) is 0 Å². The summed E-state index contributed by atoms with van der Waals surface area (Å²) < 4.78 is 17.6. The summed E-state index contributed by atoms with van der Waals surface area (Å²) in [7, 11) is -0.505. The predicted octanol–water partition coefficient (Wildman–Crippen LogP) is 2.34. The lowest BCUT2D eigenvalue weighted by Crippen LogP contribution is -2.43. The molecule has 158 valence electrons. The van der Waals surface area contributed by atoms with Crippen molar-refractivity contribution >= 4 is 24.6 Å². The van der Waals surface area contributed by atoms with E-state index < -0.39 is 30.0 Å². The molecule has 0 bridgehead atoms. The molecule has 1 fully saturated rings. The van der Waals surface area contributed by atoms with Crippen molar-refractivity contribution in [2.75, 3.05) is 13.1 Å². The van der Waals surface area contributed by atoms with E-state index in [-0.39, 0.29) is 11.8 Å². The summed E-state index contributed by atoms with van der Waals surface area (Å²) in [5, 5.41) is 5.69. The van der Waals surface area contributed by atoms with E-state index in [1.165, 1.54) is 0 Å². The number of amides is 2. The van der Waals surface area contributed by atoms with Gasteiger partial charge in [0, 0.05) is 24.6 Å². The van der Waals surface area contributed by atoms with Crippen LogP contribution in [0.1, 0.15) is 70.3 Å². The summed E-state index contributed by atoms with van der Waals surface area (Å²) in [6.07, 6.45) is -0.474. The first-order valence-electron chi connectivity index (χ1n) is 10.0. The number of ether oxygens (including phenoxy) is 1. The van der Waals surface area contributed by atoms with E-state index in [1.54, 1.807) is 6.07 Å². The molecule has 2 aliphatic rings. The van der Waals surface area contributed by atoms with Gasteiger partial charge in [0.2, 0.25) is 0 Å². The minimum Gasteiger partial charge on any atom is -0.444 e. The lowest BCUT2D eigenvalue weighted by Gasteiger charge is -2.32. The summed E-state index contributed by atoms with van der Waals surface area (Å²) in [5.74, 6) is -0.188. The first-order chi connectivity index (χ1) is 13.3. The highest BCUT2D eigenvalue weighted by Crippen LogP contribution is 2.36. The second-order valence-electron chi connectivity index (χ2n) is 9.72. The Labute approximate surface area is 173 Å². The highest BCUT2D eigenvalue weighted by Gasteiger charge is 2.51. The van der Waals surface area contributed by atoms with Crippen molar-refractivity contribution in [3.05, 3.63) is 29.3 Å². The third-order valence-corrected chi connectivity index (χ3v) is 5.69. The highest BCUT2D eigenvalue weighted by atomic mass is 16.7. The number of benzene rings is 1. The van der Waals surface area contributed by atoms with Crippen molar-refractivity contribution in [1.82, 2.24) is 10.6 Å². The molecule has 1 aromatic rings. The zero-order valence-corrected chi connectivity index (χ0v) is 18.3. The minimum atomic E-state index is -0.563. The van der Waals surface area contributed by atoms with Crippen LogP contribution in [-0.2, 0) is 14.0 Å². The van der Waals surface area contributed by atoms with Crippen LogP contribution in [0.3, 0.4) is 0 Å². The Hall–Kier alpha value is -2.06. The van der Waals surface area contributed by atoms with Gasteiger partial charge in [0.25, 0.3) is 5.91 Å². The van der Waals surface area contributed by atoms with Crippen LogP contribution in [0.25, 0.3) is 0 Å². The van der Waals surface area contributed by atoms with Crippen LogP contribution in [0.4, 0.5) is 4.79 Å². The summed E-state index contributed by atoms with van der Waals surface area (Å²) >= 11 is 0. The SMILES string of the molecule is CC(C)(C)OC(=O)NCC1CNC(=O)c2ccc(B3OC(C)(C)C(C)(C)O3)cc21. The molecule has 1 unspecified atom stereocenters.